The Bertz CT molecular complexity index is 859. The lowest BCUT2D eigenvalue weighted by Gasteiger charge is -2.29. The number of halogens is 1. The molecule has 2 aromatic rings. The van der Waals surface area contributed by atoms with E-state index in [4.69, 9.17) is 4.74 Å². The molecule has 0 spiro atoms. The fraction of sp³-hybridized carbons (Fsp3) is 0.609. The quantitative estimate of drug-likeness (QED) is 0.318. The number of guanidine groups is 1. The summed E-state index contributed by atoms with van der Waals surface area (Å²) >= 11 is 0. The zero-order chi connectivity index (χ0) is 21.7. The molecule has 0 bridgehead atoms. The van der Waals surface area contributed by atoms with Crippen molar-refractivity contribution < 1.29 is 4.74 Å². The number of hydrogen-bond donors (Lipinski definition) is 2. The number of nitrogens with one attached hydrogen (secondary N) is 2. The molecule has 0 saturated heterocycles. The molecule has 2 N–H and O–H groups in total. The summed E-state index contributed by atoms with van der Waals surface area (Å²) in [5.74, 6) is 4.19. The van der Waals surface area contributed by atoms with Crippen LogP contribution in [0, 0.1) is 12.8 Å². The van der Waals surface area contributed by atoms with Crippen molar-refractivity contribution in [3.05, 3.63) is 41.5 Å². The fourth-order valence-electron chi connectivity index (χ4n) is 3.61. The average Bonchev–Trinajstić information content (AvgIpc) is 3.09. The van der Waals surface area contributed by atoms with Crippen LogP contribution in [0.4, 0.5) is 0 Å². The van der Waals surface area contributed by atoms with Crippen LogP contribution in [0.5, 0.6) is 5.75 Å². The minimum atomic E-state index is -0.0447. The summed E-state index contributed by atoms with van der Waals surface area (Å²) in [4.78, 5) is 8.91. The molecule has 3 rings (SSSR count). The summed E-state index contributed by atoms with van der Waals surface area (Å²) in [7, 11) is 1.82. The molecular formula is C23H37IN6O. The Balaban J connectivity index is 0.00000341. The van der Waals surface area contributed by atoms with Crippen LogP contribution < -0.4 is 15.4 Å². The van der Waals surface area contributed by atoms with Crippen LogP contribution in [0.3, 0.4) is 0 Å². The van der Waals surface area contributed by atoms with Crippen LogP contribution in [-0.2, 0) is 18.4 Å². The van der Waals surface area contributed by atoms with Gasteiger partial charge in [-0.3, -0.25) is 4.99 Å². The maximum Gasteiger partial charge on any atom is 0.191 e. The number of aryl methyl sites for hydroxylation is 2. The Morgan fingerprint density at radius 3 is 2.65 bits per heavy atom. The standard InChI is InChI=1S/C23H36N6O.HI/c1-16(2)14-30-20-10-7-18(8-11-20)23(4,5)15-25-22(24-6)27-19-9-12-21-26-17(3)28-29(21)13-19;/h7-8,10-11,16,19H,9,12-15H2,1-6H3,(H2,24,25,27);1H. The lowest BCUT2D eigenvalue weighted by atomic mass is 9.84. The van der Waals surface area contributed by atoms with E-state index in [0.29, 0.717) is 12.0 Å². The molecule has 1 aromatic heterocycles. The molecule has 0 radical (unpaired) electrons. The van der Waals surface area contributed by atoms with Gasteiger partial charge in [0.15, 0.2) is 5.96 Å². The second kappa shape index (κ2) is 11.2. The predicted octanol–water partition coefficient (Wildman–Crippen LogP) is 3.70. The normalized spacial score (nSPS) is 16.5. The van der Waals surface area contributed by atoms with Crippen molar-refractivity contribution >= 4 is 29.9 Å². The van der Waals surface area contributed by atoms with Crippen molar-refractivity contribution in [3.8, 4) is 5.75 Å². The number of ether oxygens (including phenoxy) is 1. The number of rotatable bonds is 7. The van der Waals surface area contributed by atoms with E-state index in [1.807, 2.05) is 18.7 Å². The highest BCUT2D eigenvalue weighted by molar-refractivity contribution is 14.0. The van der Waals surface area contributed by atoms with Gasteiger partial charge in [0.2, 0.25) is 0 Å². The molecule has 31 heavy (non-hydrogen) atoms. The lowest BCUT2D eigenvalue weighted by molar-refractivity contribution is 0.271. The van der Waals surface area contributed by atoms with Crippen molar-refractivity contribution in [2.75, 3.05) is 20.2 Å². The van der Waals surface area contributed by atoms with Gasteiger partial charge < -0.3 is 15.4 Å². The molecule has 0 fully saturated rings. The number of nitrogens with zero attached hydrogens (tertiary/aromatic N) is 4. The predicted molar refractivity (Wildman–Crippen MR) is 137 cm³/mol. The molecule has 1 unspecified atom stereocenters. The van der Waals surface area contributed by atoms with E-state index in [0.717, 1.165) is 55.9 Å². The highest BCUT2D eigenvalue weighted by Gasteiger charge is 2.24. The van der Waals surface area contributed by atoms with Gasteiger partial charge in [0.25, 0.3) is 0 Å². The first-order valence-corrected chi connectivity index (χ1v) is 10.9. The highest BCUT2D eigenvalue weighted by Crippen LogP contribution is 2.25. The second-order valence-electron chi connectivity index (χ2n) is 9.18. The molecule has 1 aliphatic rings. The van der Waals surface area contributed by atoms with Crippen LogP contribution in [0.2, 0.25) is 0 Å². The first kappa shape index (κ1) is 25.4. The van der Waals surface area contributed by atoms with E-state index in [1.54, 1.807) is 0 Å². The first-order valence-electron chi connectivity index (χ1n) is 10.9. The maximum absolute atomic E-state index is 5.81. The number of aromatic nitrogens is 3. The molecule has 1 aliphatic heterocycles. The summed E-state index contributed by atoms with van der Waals surface area (Å²) in [5.41, 5.74) is 1.22. The molecule has 1 atom stereocenters. The molecule has 2 heterocycles. The number of fused-ring (bicyclic) bond motifs is 1. The Morgan fingerprint density at radius 2 is 2.00 bits per heavy atom. The van der Waals surface area contributed by atoms with Gasteiger partial charge in [0.1, 0.15) is 17.4 Å². The molecular weight excluding hydrogens is 503 g/mol. The maximum atomic E-state index is 5.81. The average molecular weight is 540 g/mol. The summed E-state index contributed by atoms with van der Waals surface area (Å²) in [6.07, 6.45) is 1.96. The smallest absolute Gasteiger partial charge is 0.191 e. The molecule has 1 aromatic carbocycles. The van der Waals surface area contributed by atoms with Gasteiger partial charge in [0, 0.05) is 31.5 Å². The van der Waals surface area contributed by atoms with Crippen LogP contribution in [0.15, 0.2) is 29.3 Å². The summed E-state index contributed by atoms with van der Waals surface area (Å²) in [5, 5.41) is 11.5. The van der Waals surface area contributed by atoms with Gasteiger partial charge in [-0.05, 0) is 37.0 Å². The number of hydrogen-bond acceptors (Lipinski definition) is 4. The first-order chi connectivity index (χ1) is 14.3. The van der Waals surface area contributed by atoms with Crippen molar-refractivity contribution in [2.24, 2.45) is 10.9 Å². The molecule has 7 nitrogen and oxygen atoms in total. The third kappa shape index (κ3) is 7.08. The molecule has 0 saturated carbocycles. The van der Waals surface area contributed by atoms with Gasteiger partial charge in [-0.2, -0.15) is 5.10 Å². The molecule has 172 valence electrons. The molecule has 0 amide bonds. The Morgan fingerprint density at radius 1 is 1.29 bits per heavy atom. The summed E-state index contributed by atoms with van der Waals surface area (Å²) in [6, 6.07) is 8.73. The van der Waals surface area contributed by atoms with E-state index in [-0.39, 0.29) is 29.4 Å². The van der Waals surface area contributed by atoms with E-state index < -0.39 is 0 Å². The monoisotopic (exact) mass is 540 g/mol. The number of benzene rings is 1. The number of aliphatic imine (C=N–C) groups is 1. The van der Waals surface area contributed by atoms with Gasteiger partial charge in [-0.15, -0.1) is 24.0 Å². The van der Waals surface area contributed by atoms with Gasteiger partial charge in [-0.25, -0.2) is 9.67 Å². The van der Waals surface area contributed by atoms with Gasteiger partial charge in [-0.1, -0.05) is 39.8 Å². The minimum absolute atomic E-state index is 0. The Kier molecular flexibility index (Phi) is 9.14. The van der Waals surface area contributed by atoms with Crippen LogP contribution in [0.25, 0.3) is 0 Å². The van der Waals surface area contributed by atoms with Crippen molar-refractivity contribution in [1.82, 2.24) is 25.4 Å². The van der Waals surface area contributed by atoms with Crippen LogP contribution in [-0.4, -0.2) is 47.0 Å². The third-order valence-corrected chi connectivity index (χ3v) is 5.45. The highest BCUT2D eigenvalue weighted by atomic mass is 127. The van der Waals surface area contributed by atoms with E-state index in [9.17, 15) is 0 Å². The Labute approximate surface area is 203 Å². The van der Waals surface area contributed by atoms with Crippen LogP contribution >= 0.6 is 24.0 Å². The molecule has 8 heteroatoms. The minimum Gasteiger partial charge on any atom is -0.493 e. The summed E-state index contributed by atoms with van der Waals surface area (Å²) < 4.78 is 7.82. The van der Waals surface area contributed by atoms with Crippen molar-refractivity contribution in [2.45, 2.75) is 65.5 Å². The second-order valence-corrected chi connectivity index (χ2v) is 9.18. The van der Waals surface area contributed by atoms with Crippen molar-refractivity contribution in [1.29, 1.82) is 0 Å². The van der Waals surface area contributed by atoms with Gasteiger partial charge >= 0.3 is 0 Å². The molecule has 0 aliphatic carbocycles. The Hall–Kier alpha value is -1.84. The zero-order valence-corrected chi connectivity index (χ0v) is 21.9. The van der Waals surface area contributed by atoms with E-state index in [2.05, 4.69) is 77.7 Å². The topological polar surface area (TPSA) is 76.4 Å². The SMILES string of the molecule is CN=C(NCC(C)(C)c1ccc(OCC(C)C)cc1)NC1CCc2nc(C)nn2C1.I. The lowest BCUT2D eigenvalue weighted by Crippen LogP contribution is -2.49. The third-order valence-electron chi connectivity index (χ3n) is 5.45. The zero-order valence-electron chi connectivity index (χ0n) is 19.6. The van der Waals surface area contributed by atoms with Gasteiger partial charge in [0.05, 0.1) is 13.2 Å². The van der Waals surface area contributed by atoms with Crippen molar-refractivity contribution in [3.63, 3.8) is 0 Å². The van der Waals surface area contributed by atoms with Crippen LogP contribution in [0.1, 0.15) is 51.3 Å². The largest absolute Gasteiger partial charge is 0.493 e. The van der Waals surface area contributed by atoms with E-state index >= 15 is 0 Å². The van der Waals surface area contributed by atoms with E-state index in [1.165, 1.54) is 5.56 Å². The summed E-state index contributed by atoms with van der Waals surface area (Å²) in [6.45, 7) is 13.1. The fourth-order valence-corrected chi connectivity index (χ4v) is 3.61.